The Bertz CT molecular complexity index is 470. The molecule has 0 saturated carbocycles. The lowest BCUT2D eigenvalue weighted by Gasteiger charge is -2.29. The van der Waals surface area contributed by atoms with Crippen LogP contribution in [0.5, 0.6) is 0 Å². The quantitative estimate of drug-likeness (QED) is 0.914. The highest BCUT2D eigenvalue weighted by Gasteiger charge is 2.22. The molecule has 1 saturated heterocycles. The third kappa shape index (κ3) is 3.61. The summed E-state index contributed by atoms with van der Waals surface area (Å²) in [5.74, 6) is 0.769. The fourth-order valence-electron chi connectivity index (χ4n) is 2.71. The SMILES string of the molecule is CCN(CC1CCNCC1)C(=O)c1cccc(C)c1Br. The van der Waals surface area contributed by atoms with Crippen molar-refractivity contribution in [3.63, 3.8) is 0 Å². The first kappa shape index (κ1) is 15.5. The zero-order valence-corrected chi connectivity index (χ0v) is 13.9. The number of nitrogens with zero attached hydrogens (tertiary/aromatic N) is 1. The molecule has 1 aliphatic heterocycles. The second-order valence-corrected chi connectivity index (χ2v) is 6.27. The van der Waals surface area contributed by atoms with Crippen LogP contribution in [0.1, 0.15) is 35.7 Å². The van der Waals surface area contributed by atoms with Gasteiger partial charge in [-0.3, -0.25) is 4.79 Å². The monoisotopic (exact) mass is 338 g/mol. The predicted octanol–water partition coefficient (Wildman–Crippen LogP) is 3.22. The van der Waals surface area contributed by atoms with Crippen LogP contribution < -0.4 is 5.32 Å². The Morgan fingerprint density at radius 3 is 2.75 bits per heavy atom. The second kappa shape index (κ2) is 7.23. The molecular formula is C16H23BrN2O. The van der Waals surface area contributed by atoms with Crippen LogP contribution in [-0.4, -0.2) is 37.0 Å². The van der Waals surface area contributed by atoms with Crippen molar-refractivity contribution in [2.45, 2.75) is 26.7 Å². The van der Waals surface area contributed by atoms with Gasteiger partial charge in [-0.05, 0) is 73.3 Å². The summed E-state index contributed by atoms with van der Waals surface area (Å²) in [6.45, 7) is 7.86. The summed E-state index contributed by atoms with van der Waals surface area (Å²) in [5.41, 5.74) is 1.88. The third-order valence-corrected chi connectivity index (χ3v) is 5.08. The molecule has 1 amide bonds. The van der Waals surface area contributed by atoms with E-state index in [1.807, 2.05) is 30.0 Å². The standard InChI is InChI=1S/C16H23BrN2O/c1-3-19(11-13-7-9-18-10-8-13)16(20)14-6-4-5-12(2)15(14)17/h4-6,13,18H,3,7-11H2,1-2H3. The Labute approximate surface area is 129 Å². The van der Waals surface area contributed by atoms with E-state index in [-0.39, 0.29) is 5.91 Å². The smallest absolute Gasteiger partial charge is 0.255 e. The largest absolute Gasteiger partial charge is 0.339 e. The molecule has 2 rings (SSSR count). The number of hydrogen-bond acceptors (Lipinski definition) is 2. The lowest BCUT2D eigenvalue weighted by molar-refractivity contribution is 0.0725. The summed E-state index contributed by atoms with van der Waals surface area (Å²) >= 11 is 3.55. The number of hydrogen-bond donors (Lipinski definition) is 1. The lowest BCUT2D eigenvalue weighted by atomic mass is 9.97. The van der Waals surface area contributed by atoms with Crippen molar-refractivity contribution in [3.05, 3.63) is 33.8 Å². The summed E-state index contributed by atoms with van der Waals surface area (Å²) in [5, 5.41) is 3.37. The predicted molar refractivity (Wildman–Crippen MR) is 86.1 cm³/mol. The lowest BCUT2D eigenvalue weighted by Crippen LogP contribution is -2.39. The molecule has 0 unspecified atom stereocenters. The zero-order valence-electron chi connectivity index (χ0n) is 12.3. The van der Waals surface area contributed by atoms with Crippen LogP contribution >= 0.6 is 15.9 Å². The Hall–Kier alpha value is -0.870. The number of amides is 1. The van der Waals surface area contributed by atoms with Gasteiger partial charge in [0.25, 0.3) is 5.91 Å². The Balaban J connectivity index is 2.10. The first-order chi connectivity index (χ1) is 9.63. The van der Waals surface area contributed by atoms with Crippen LogP contribution in [-0.2, 0) is 0 Å². The maximum Gasteiger partial charge on any atom is 0.255 e. The van der Waals surface area contributed by atoms with E-state index >= 15 is 0 Å². The average Bonchev–Trinajstić information content (AvgIpc) is 2.48. The highest BCUT2D eigenvalue weighted by Crippen LogP contribution is 2.23. The van der Waals surface area contributed by atoms with Gasteiger partial charge in [0.1, 0.15) is 0 Å². The van der Waals surface area contributed by atoms with Gasteiger partial charge in [-0.25, -0.2) is 0 Å². The van der Waals surface area contributed by atoms with E-state index in [0.29, 0.717) is 5.92 Å². The van der Waals surface area contributed by atoms with Crippen molar-refractivity contribution in [1.29, 1.82) is 0 Å². The summed E-state index contributed by atoms with van der Waals surface area (Å²) in [6.07, 6.45) is 2.33. The Morgan fingerprint density at radius 2 is 2.10 bits per heavy atom. The maximum absolute atomic E-state index is 12.7. The molecule has 1 aromatic carbocycles. The molecule has 1 fully saturated rings. The van der Waals surface area contributed by atoms with E-state index < -0.39 is 0 Å². The van der Waals surface area contributed by atoms with E-state index in [4.69, 9.17) is 0 Å². The van der Waals surface area contributed by atoms with Gasteiger partial charge >= 0.3 is 0 Å². The Morgan fingerprint density at radius 1 is 1.40 bits per heavy atom. The Kier molecular flexibility index (Phi) is 5.61. The van der Waals surface area contributed by atoms with Crippen molar-refractivity contribution in [3.8, 4) is 0 Å². The van der Waals surface area contributed by atoms with Crippen LogP contribution in [0.2, 0.25) is 0 Å². The van der Waals surface area contributed by atoms with Gasteiger partial charge in [-0.15, -0.1) is 0 Å². The first-order valence-corrected chi connectivity index (χ1v) is 8.18. The van der Waals surface area contributed by atoms with Crippen molar-refractivity contribution in [2.75, 3.05) is 26.2 Å². The fourth-order valence-corrected chi connectivity index (χ4v) is 3.15. The molecule has 1 heterocycles. The van der Waals surface area contributed by atoms with E-state index in [0.717, 1.165) is 41.8 Å². The third-order valence-electron chi connectivity index (χ3n) is 4.03. The molecule has 0 bridgehead atoms. The summed E-state index contributed by atoms with van der Waals surface area (Å²) in [4.78, 5) is 14.7. The van der Waals surface area contributed by atoms with Gasteiger partial charge < -0.3 is 10.2 Å². The van der Waals surface area contributed by atoms with Crippen LogP contribution in [0.3, 0.4) is 0 Å². The summed E-state index contributed by atoms with van der Waals surface area (Å²) in [7, 11) is 0. The van der Waals surface area contributed by atoms with Crippen molar-refractivity contribution >= 4 is 21.8 Å². The summed E-state index contributed by atoms with van der Waals surface area (Å²) < 4.78 is 0.925. The molecule has 0 spiro atoms. The normalized spacial score (nSPS) is 16.1. The number of aryl methyl sites for hydroxylation is 1. The van der Waals surface area contributed by atoms with Crippen molar-refractivity contribution in [1.82, 2.24) is 10.2 Å². The van der Waals surface area contributed by atoms with Gasteiger partial charge in [0.15, 0.2) is 0 Å². The van der Waals surface area contributed by atoms with Gasteiger partial charge in [-0.2, -0.15) is 0 Å². The van der Waals surface area contributed by atoms with E-state index in [1.165, 1.54) is 12.8 Å². The molecule has 20 heavy (non-hydrogen) atoms. The van der Waals surface area contributed by atoms with Gasteiger partial charge in [0.05, 0.1) is 5.56 Å². The second-order valence-electron chi connectivity index (χ2n) is 5.47. The number of nitrogens with one attached hydrogen (secondary N) is 1. The summed E-state index contributed by atoms with van der Waals surface area (Å²) in [6, 6.07) is 5.88. The number of piperidine rings is 1. The molecule has 1 aliphatic rings. The minimum absolute atomic E-state index is 0.140. The number of halogens is 1. The van der Waals surface area contributed by atoms with Crippen LogP contribution in [0, 0.1) is 12.8 Å². The number of carbonyl (C=O) groups excluding carboxylic acids is 1. The zero-order chi connectivity index (χ0) is 14.5. The molecule has 0 radical (unpaired) electrons. The van der Waals surface area contributed by atoms with Crippen LogP contribution in [0.25, 0.3) is 0 Å². The van der Waals surface area contributed by atoms with Gasteiger partial charge in [0.2, 0.25) is 0 Å². The van der Waals surface area contributed by atoms with Crippen LogP contribution in [0.4, 0.5) is 0 Å². The van der Waals surface area contributed by atoms with E-state index in [9.17, 15) is 4.79 Å². The molecule has 0 atom stereocenters. The highest BCUT2D eigenvalue weighted by atomic mass is 79.9. The molecule has 0 aromatic heterocycles. The first-order valence-electron chi connectivity index (χ1n) is 7.38. The molecule has 1 N–H and O–H groups in total. The molecule has 110 valence electrons. The van der Waals surface area contributed by atoms with Crippen LogP contribution in [0.15, 0.2) is 22.7 Å². The van der Waals surface area contributed by atoms with Gasteiger partial charge in [0, 0.05) is 17.6 Å². The van der Waals surface area contributed by atoms with E-state index in [2.05, 4.69) is 28.2 Å². The number of rotatable bonds is 4. The van der Waals surface area contributed by atoms with E-state index in [1.54, 1.807) is 0 Å². The van der Waals surface area contributed by atoms with Crippen molar-refractivity contribution in [2.24, 2.45) is 5.92 Å². The molecule has 3 nitrogen and oxygen atoms in total. The minimum atomic E-state index is 0.140. The topological polar surface area (TPSA) is 32.3 Å². The highest BCUT2D eigenvalue weighted by molar-refractivity contribution is 9.10. The molecular weight excluding hydrogens is 316 g/mol. The fraction of sp³-hybridized carbons (Fsp3) is 0.562. The average molecular weight is 339 g/mol. The number of carbonyl (C=O) groups is 1. The molecule has 4 heteroatoms. The minimum Gasteiger partial charge on any atom is -0.339 e. The van der Waals surface area contributed by atoms with Crippen molar-refractivity contribution < 1.29 is 4.79 Å². The molecule has 1 aromatic rings. The maximum atomic E-state index is 12.7. The molecule has 0 aliphatic carbocycles. The van der Waals surface area contributed by atoms with Gasteiger partial charge in [-0.1, -0.05) is 12.1 Å². The number of benzene rings is 1.